The summed E-state index contributed by atoms with van der Waals surface area (Å²) in [7, 11) is 0. The zero-order valence-electron chi connectivity index (χ0n) is 37.0. The minimum atomic E-state index is 0.572. The topological polar surface area (TPSA) is 69.9 Å². The lowest BCUT2D eigenvalue weighted by atomic mass is 9.97. The third-order valence-corrected chi connectivity index (χ3v) is 13.5. The van der Waals surface area contributed by atoms with Crippen molar-refractivity contribution in [3.8, 4) is 73.2 Å². The van der Waals surface area contributed by atoms with Crippen LogP contribution in [0.15, 0.2) is 239 Å². The summed E-state index contributed by atoms with van der Waals surface area (Å²) in [6.45, 7) is 0. The molecule has 69 heavy (non-hydrogen) atoms. The van der Waals surface area contributed by atoms with Crippen LogP contribution in [-0.2, 0) is 0 Å². The van der Waals surface area contributed by atoms with Gasteiger partial charge in [-0.15, -0.1) is 0 Å². The second kappa shape index (κ2) is 15.6. The van der Waals surface area contributed by atoms with Crippen molar-refractivity contribution in [2.24, 2.45) is 0 Å². The first-order chi connectivity index (χ1) is 34.2. The van der Waals surface area contributed by atoms with Crippen LogP contribution < -0.4 is 0 Å². The zero-order chi connectivity index (χ0) is 45.4. The van der Waals surface area contributed by atoms with Crippen LogP contribution in [0.3, 0.4) is 0 Å². The van der Waals surface area contributed by atoms with Crippen molar-refractivity contribution in [2.45, 2.75) is 0 Å². The number of aromatic nitrogens is 4. The molecule has 14 rings (SSSR count). The Morgan fingerprint density at radius 1 is 0.290 bits per heavy atom. The largest absolute Gasteiger partial charge is 0.456 e. The second-order valence-corrected chi connectivity index (χ2v) is 17.5. The fourth-order valence-corrected chi connectivity index (χ4v) is 10.2. The maximum Gasteiger partial charge on any atom is 0.164 e. The molecule has 0 saturated heterocycles. The molecular formula is C63H38N4O2. The zero-order valence-corrected chi connectivity index (χ0v) is 37.0. The number of fused-ring (bicyclic) bond motifs is 9. The molecule has 0 saturated carbocycles. The van der Waals surface area contributed by atoms with E-state index in [9.17, 15) is 0 Å². The minimum Gasteiger partial charge on any atom is -0.456 e. The monoisotopic (exact) mass is 882 g/mol. The molecule has 4 aromatic heterocycles. The van der Waals surface area contributed by atoms with E-state index < -0.39 is 0 Å². The summed E-state index contributed by atoms with van der Waals surface area (Å²) in [5.41, 5.74) is 16.0. The fraction of sp³-hybridized carbons (Fsp3) is 0. The summed E-state index contributed by atoms with van der Waals surface area (Å²) >= 11 is 0. The van der Waals surface area contributed by atoms with Crippen molar-refractivity contribution in [3.63, 3.8) is 0 Å². The molecule has 4 heterocycles. The Kier molecular flexibility index (Phi) is 8.79. The lowest BCUT2D eigenvalue weighted by Gasteiger charge is -2.12. The molecule has 0 aliphatic heterocycles. The molecule has 10 aromatic carbocycles. The molecule has 14 aromatic rings. The Bertz CT molecular complexity index is 4290. The van der Waals surface area contributed by atoms with Gasteiger partial charge in [0.25, 0.3) is 0 Å². The van der Waals surface area contributed by atoms with Gasteiger partial charge in [0.1, 0.15) is 16.7 Å². The molecule has 0 atom stereocenters. The lowest BCUT2D eigenvalue weighted by molar-refractivity contribution is 0.666. The highest BCUT2D eigenvalue weighted by Gasteiger charge is 2.22. The quantitative estimate of drug-likeness (QED) is 0.159. The van der Waals surface area contributed by atoms with Crippen LogP contribution >= 0.6 is 0 Å². The minimum absolute atomic E-state index is 0.572. The number of hydrogen-bond acceptors (Lipinski definition) is 5. The number of furan rings is 2. The Morgan fingerprint density at radius 3 is 1.57 bits per heavy atom. The predicted molar refractivity (Wildman–Crippen MR) is 281 cm³/mol. The van der Waals surface area contributed by atoms with Crippen LogP contribution in [0.5, 0.6) is 0 Å². The van der Waals surface area contributed by atoms with E-state index in [1.807, 2.05) is 48.5 Å². The van der Waals surface area contributed by atoms with Crippen molar-refractivity contribution >= 4 is 65.7 Å². The third-order valence-electron chi connectivity index (χ3n) is 13.5. The highest BCUT2D eigenvalue weighted by atomic mass is 16.3. The van der Waals surface area contributed by atoms with Gasteiger partial charge in [0.15, 0.2) is 23.1 Å². The van der Waals surface area contributed by atoms with Crippen LogP contribution in [0, 0.1) is 0 Å². The normalized spacial score (nSPS) is 11.8. The SMILES string of the molecule is c1ccc(-c2ccc(-c3nc(-c4ccccc4)nc(-c4ccc5c(c4)oc4ccc(-c6ccc(-n7c8ccccc8c8cc(-c9ccccc9)ccc87)c7oc8ccccc8c67)cc45)n3)cc2)cc1. The van der Waals surface area contributed by atoms with Crippen molar-refractivity contribution in [3.05, 3.63) is 231 Å². The van der Waals surface area contributed by atoms with Crippen molar-refractivity contribution in [1.29, 1.82) is 0 Å². The predicted octanol–water partition coefficient (Wildman–Crippen LogP) is 16.8. The summed E-state index contributed by atoms with van der Waals surface area (Å²) in [5.74, 6) is 1.78. The van der Waals surface area contributed by atoms with Crippen LogP contribution in [0.4, 0.5) is 0 Å². The molecule has 0 unspecified atom stereocenters. The average molecular weight is 883 g/mol. The Balaban J connectivity index is 0.885. The maximum absolute atomic E-state index is 6.90. The van der Waals surface area contributed by atoms with Gasteiger partial charge in [-0.2, -0.15) is 0 Å². The van der Waals surface area contributed by atoms with Crippen LogP contribution in [-0.4, -0.2) is 19.5 Å². The van der Waals surface area contributed by atoms with Gasteiger partial charge in [0.05, 0.1) is 16.7 Å². The number of nitrogens with zero attached hydrogens (tertiary/aromatic N) is 4. The standard InChI is InChI=1S/C63H38N4O2/c1-4-14-39(15-5-1)41-24-26-43(27-25-41)62-64-61(42-18-8-3-9-19-42)65-63(66-62)46-28-31-49-52-37-45(30-35-57(52)68-58(49)38-46)47-32-34-55(60-59(47)50-21-11-13-23-56(50)69-60)67-53-22-12-10-20-48(53)51-36-44(29-33-54(51)67)40-16-6-2-7-17-40/h1-38H. The smallest absolute Gasteiger partial charge is 0.164 e. The molecule has 0 aliphatic carbocycles. The molecule has 322 valence electrons. The summed E-state index contributed by atoms with van der Waals surface area (Å²) in [6.07, 6.45) is 0. The average Bonchev–Trinajstić information content (AvgIpc) is 4.11. The van der Waals surface area contributed by atoms with Gasteiger partial charge in [-0.05, 0) is 88.0 Å². The molecule has 0 N–H and O–H groups in total. The first-order valence-corrected chi connectivity index (χ1v) is 23.2. The lowest BCUT2D eigenvalue weighted by Crippen LogP contribution is -2.00. The van der Waals surface area contributed by atoms with E-state index in [2.05, 4.69) is 187 Å². The summed E-state index contributed by atoms with van der Waals surface area (Å²) < 4.78 is 15.9. The van der Waals surface area contributed by atoms with Gasteiger partial charge in [-0.1, -0.05) is 176 Å². The van der Waals surface area contributed by atoms with E-state index in [0.29, 0.717) is 17.5 Å². The van der Waals surface area contributed by atoms with Gasteiger partial charge in [0, 0.05) is 49.0 Å². The molecular weight excluding hydrogens is 845 g/mol. The van der Waals surface area contributed by atoms with Gasteiger partial charge < -0.3 is 13.4 Å². The number of para-hydroxylation sites is 2. The maximum atomic E-state index is 6.90. The van der Waals surface area contributed by atoms with Gasteiger partial charge in [-0.25, -0.2) is 15.0 Å². The highest BCUT2D eigenvalue weighted by Crippen LogP contribution is 2.44. The van der Waals surface area contributed by atoms with Crippen LogP contribution in [0.2, 0.25) is 0 Å². The third kappa shape index (κ3) is 6.45. The van der Waals surface area contributed by atoms with E-state index in [1.165, 1.54) is 21.9 Å². The van der Waals surface area contributed by atoms with Gasteiger partial charge in [-0.3, -0.25) is 0 Å². The molecule has 0 bridgehead atoms. The molecule has 0 aliphatic rings. The van der Waals surface area contributed by atoms with E-state index in [-0.39, 0.29) is 0 Å². The first kappa shape index (κ1) is 38.8. The molecule has 0 spiro atoms. The van der Waals surface area contributed by atoms with E-state index >= 15 is 0 Å². The highest BCUT2D eigenvalue weighted by molar-refractivity contribution is 6.18. The van der Waals surface area contributed by atoms with Gasteiger partial charge in [0.2, 0.25) is 0 Å². The van der Waals surface area contributed by atoms with E-state index in [0.717, 1.165) is 99.5 Å². The molecule has 0 radical (unpaired) electrons. The van der Waals surface area contributed by atoms with E-state index in [4.69, 9.17) is 23.8 Å². The van der Waals surface area contributed by atoms with E-state index in [1.54, 1.807) is 0 Å². The van der Waals surface area contributed by atoms with Crippen molar-refractivity contribution < 1.29 is 8.83 Å². The van der Waals surface area contributed by atoms with Crippen molar-refractivity contribution in [2.75, 3.05) is 0 Å². The Hall–Kier alpha value is -9.39. The molecule has 6 heteroatoms. The number of hydrogen-bond donors (Lipinski definition) is 0. The molecule has 0 fully saturated rings. The summed E-state index contributed by atoms with van der Waals surface area (Å²) in [6, 6.07) is 80.4. The van der Waals surface area contributed by atoms with Crippen LogP contribution in [0.25, 0.3) is 139 Å². The summed E-state index contributed by atoms with van der Waals surface area (Å²) in [5, 5.41) is 6.56. The number of rotatable bonds is 7. The summed E-state index contributed by atoms with van der Waals surface area (Å²) in [4.78, 5) is 15.1. The molecule has 6 nitrogen and oxygen atoms in total. The first-order valence-electron chi connectivity index (χ1n) is 23.2. The Morgan fingerprint density at radius 2 is 0.812 bits per heavy atom. The van der Waals surface area contributed by atoms with Crippen molar-refractivity contribution in [1.82, 2.24) is 19.5 Å². The molecule has 0 amide bonds. The fourth-order valence-electron chi connectivity index (χ4n) is 10.2. The Labute approximate surface area is 396 Å². The van der Waals surface area contributed by atoms with Gasteiger partial charge >= 0.3 is 0 Å². The van der Waals surface area contributed by atoms with Crippen LogP contribution in [0.1, 0.15) is 0 Å². The second-order valence-electron chi connectivity index (χ2n) is 17.5. The number of benzene rings is 10.